The third-order valence-corrected chi connectivity index (χ3v) is 6.14. The molecule has 168 valence electrons. The number of nitrogens with zero attached hydrogens (tertiary/aromatic N) is 3. The van der Waals surface area contributed by atoms with Crippen LogP contribution in [-0.2, 0) is 4.74 Å². The minimum Gasteiger partial charge on any atom is -0.372 e. The molecule has 1 aliphatic rings. The van der Waals surface area contributed by atoms with Gasteiger partial charge in [-0.05, 0) is 73.2 Å². The van der Waals surface area contributed by atoms with Crippen molar-refractivity contribution in [1.82, 2.24) is 9.55 Å². The number of halogens is 1. The van der Waals surface area contributed by atoms with Gasteiger partial charge in [0.2, 0.25) is 0 Å². The molecule has 1 saturated heterocycles. The van der Waals surface area contributed by atoms with Crippen molar-refractivity contribution in [2.75, 3.05) is 18.0 Å². The van der Waals surface area contributed by atoms with E-state index >= 15 is 0 Å². The molecule has 0 saturated carbocycles. The third-order valence-electron chi connectivity index (χ3n) is 6.14. The lowest BCUT2D eigenvalue weighted by atomic mass is 9.96. The first-order valence-electron chi connectivity index (χ1n) is 11.2. The van der Waals surface area contributed by atoms with Gasteiger partial charge in [-0.25, -0.2) is 9.37 Å². The Balaban J connectivity index is 1.55. The normalized spacial score (nSPS) is 18.6. The Morgan fingerprint density at radius 1 is 1.00 bits per heavy atom. The van der Waals surface area contributed by atoms with Crippen LogP contribution in [0.5, 0.6) is 0 Å². The van der Waals surface area contributed by atoms with Crippen molar-refractivity contribution in [2.24, 2.45) is 0 Å². The highest BCUT2D eigenvalue weighted by molar-refractivity contribution is 5.98. The zero-order valence-electron chi connectivity index (χ0n) is 19.0. The SMILES string of the molecule is Cc1cn(-c2ccc(N3C[C@@H](C)O[C@@H](C)C3)nc2)c(=O)c2cccc(-c3ccc(F)cc3)c12. The summed E-state index contributed by atoms with van der Waals surface area (Å²) in [7, 11) is 0. The second-order valence-electron chi connectivity index (χ2n) is 8.76. The number of benzene rings is 2. The zero-order valence-corrected chi connectivity index (χ0v) is 19.0. The van der Waals surface area contributed by atoms with E-state index in [0.29, 0.717) is 5.39 Å². The van der Waals surface area contributed by atoms with Crippen molar-refractivity contribution >= 4 is 16.6 Å². The maximum atomic E-state index is 13.4. The molecule has 33 heavy (non-hydrogen) atoms. The average Bonchev–Trinajstić information content (AvgIpc) is 2.81. The van der Waals surface area contributed by atoms with Crippen LogP contribution in [0.4, 0.5) is 10.2 Å². The molecule has 4 aromatic rings. The van der Waals surface area contributed by atoms with Gasteiger partial charge < -0.3 is 9.64 Å². The standard InChI is InChI=1S/C27H26FN3O2/c1-17-14-31(22-11-12-25(29-13-22)30-15-18(2)33-19(3)16-30)27(32)24-6-4-5-23(26(17)24)20-7-9-21(28)10-8-20/h4-14,18-19H,15-16H2,1-3H3/t18-,19+. The predicted molar refractivity (Wildman–Crippen MR) is 130 cm³/mol. The van der Waals surface area contributed by atoms with Gasteiger partial charge in [-0.15, -0.1) is 0 Å². The van der Waals surface area contributed by atoms with Crippen LogP contribution >= 0.6 is 0 Å². The monoisotopic (exact) mass is 443 g/mol. The second-order valence-corrected chi connectivity index (χ2v) is 8.76. The van der Waals surface area contributed by atoms with Gasteiger partial charge >= 0.3 is 0 Å². The Bertz CT molecular complexity index is 1350. The van der Waals surface area contributed by atoms with Crippen LogP contribution in [0.3, 0.4) is 0 Å². The topological polar surface area (TPSA) is 47.4 Å². The van der Waals surface area contributed by atoms with E-state index in [-0.39, 0.29) is 23.6 Å². The Labute approximate surface area is 192 Å². The summed E-state index contributed by atoms with van der Waals surface area (Å²) in [4.78, 5) is 20.3. The van der Waals surface area contributed by atoms with Gasteiger partial charge in [0.05, 0.1) is 24.1 Å². The van der Waals surface area contributed by atoms with Gasteiger partial charge in [0.15, 0.2) is 0 Å². The van der Waals surface area contributed by atoms with Crippen molar-refractivity contribution in [3.05, 3.63) is 88.7 Å². The molecule has 0 amide bonds. The van der Waals surface area contributed by atoms with Gasteiger partial charge in [0, 0.05) is 24.7 Å². The first-order valence-corrected chi connectivity index (χ1v) is 11.2. The number of anilines is 1. The minimum atomic E-state index is -0.282. The number of fused-ring (bicyclic) bond motifs is 1. The number of morpholine rings is 1. The largest absolute Gasteiger partial charge is 0.372 e. The Morgan fingerprint density at radius 2 is 1.73 bits per heavy atom. The Hall–Kier alpha value is -3.51. The van der Waals surface area contributed by atoms with Crippen LogP contribution in [0.2, 0.25) is 0 Å². The van der Waals surface area contributed by atoms with E-state index in [0.717, 1.165) is 46.7 Å². The van der Waals surface area contributed by atoms with Crippen molar-refractivity contribution in [3.8, 4) is 16.8 Å². The Kier molecular flexibility index (Phi) is 5.46. The highest BCUT2D eigenvalue weighted by atomic mass is 19.1. The van der Waals surface area contributed by atoms with Crippen LogP contribution in [0, 0.1) is 12.7 Å². The molecule has 0 radical (unpaired) electrons. The maximum Gasteiger partial charge on any atom is 0.263 e. The molecule has 2 atom stereocenters. The van der Waals surface area contributed by atoms with Crippen LogP contribution in [0.15, 0.2) is 71.8 Å². The highest BCUT2D eigenvalue weighted by Gasteiger charge is 2.23. The molecule has 2 aromatic heterocycles. The number of hydrogen-bond acceptors (Lipinski definition) is 4. The molecule has 3 heterocycles. The highest BCUT2D eigenvalue weighted by Crippen LogP contribution is 2.30. The fourth-order valence-corrected chi connectivity index (χ4v) is 4.74. The van der Waals surface area contributed by atoms with Crippen molar-refractivity contribution in [2.45, 2.75) is 33.0 Å². The van der Waals surface area contributed by atoms with Crippen LogP contribution in [0.1, 0.15) is 19.4 Å². The summed E-state index contributed by atoms with van der Waals surface area (Å²) in [5.41, 5.74) is 3.36. The first kappa shape index (κ1) is 21.3. The molecule has 5 rings (SSSR count). The number of ether oxygens (including phenoxy) is 1. The van der Waals surface area contributed by atoms with E-state index in [2.05, 4.69) is 23.7 Å². The zero-order chi connectivity index (χ0) is 23.1. The fraction of sp³-hybridized carbons (Fsp3) is 0.259. The summed E-state index contributed by atoms with van der Waals surface area (Å²) in [6, 6.07) is 15.9. The summed E-state index contributed by atoms with van der Waals surface area (Å²) >= 11 is 0. The van der Waals surface area contributed by atoms with Gasteiger partial charge in [-0.2, -0.15) is 0 Å². The summed E-state index contributed by atoms with van der Waals surface area (Å²) in [5.74, 6) is 0.597. The lowest BCUT2D eigenvalue weighted by molar-refractivity contribution is -0.00545. The van der Waals surface area contributed by atoms with E-state index in [1.165, 1.54) is 12.1 Å². The predicted octanol–water partition coefficient (Wildman–Crippen LogP) is 5.11. The van der Waals surface area contributed by atoms with Crippen molar-refractivity contribution in [3.63, 3.8) is 0 Å². The molecule has 0 unspecified atom stereocenters. The van der Waals surface area contributed by atoms with E-state index in [4.69, 9.17) is 4.74 Å². The molecule has 6 heteroatoms. The van der Waals surface area contributed by atoms with Crippen molar-refractivity contribution in [1.29, 1.82) is 0 Å². The van der Waals surface area contributed by atoms with E-state index in [1.54, 1.807) is 22.9 Å². The molecule has 0 bridgehead atoms. The summed E-state index contributed by atoms with van der Waals surface area (Å²) < 4.78 is 20.9. The molecule has 1 fully saturated rings. The minimum absolute atomic E-state index is 0.109. The lowest BCUT2D eigenvalue weighted by Crippen LogP contribution is -2.45. The second kappa shape index (κ2) is 8.45. The average molecular weight is 444 g/mol. The summed E-state index contributed by atoms with van der Waals surface area (Å²) in [6.45, 7) is 7.70. The maximum absolute atomic E-state index is 13.4. The van der Waals surface area contributed by atoms with Gasteiger partial charge in [0.1, 0.15) is 11.6 Å². The molecular weight excluding hydrogens is 417 g/mol. The smallest absolute Gasteiger partial charge is 0.263 e. The number of aromatic nitrogens is 2. The molecule has 1 aliphatic heterocycles. The molecule has 5 nitrogen and oxygen atoms in total. The lowest BCUT2D eigenvalue weighted by Gasteiger charge is -2.36. The quantitative estimate of drug-likeness (QED) is 0.441. The van der Waals surface area contributed by atoms with Crippen LogP contribution in [0.25, 0.3) is 27.6 Å². The third kappa shape index (κ3) is 4.02. The van der Waals surface area contributed by atoms with Gasteiger partial charge in [-0.3, -0.25) is 9.36 Å². The number of rotatable bonds is 3. The molecule has 0 N–H and O–H groups in total. The first-order chi connectivity index (χ1) is 15.9. The summed E-state index contributed by atoms with van der Waals surface area (Å²) in [6.07, 6.45) is 3.90. The number of aryl methyl sites for hydroxylation is 1. The number of pyridine rings is 2. The number of hydrogen-bond donors (Lipinski definition) is 0. The van der Waals surface area contributed by atoms with E-state index in [9.17, 15) is 9.18 Å². The van der Waals surface area contributed by atoms with E-state index in [1.807, 2.05) is 43.5 Å². The fourth-order valence-electron chi connectivity index (χ4n) is 4.74. The van der Waals surface area contributed by atoms with Gasteiger partial charge in [-0.1, -0.05) is 24.3 Å². The molecule has 2 aromatic carbocycles. The van der Waals surface area contributed by atoms with Crippen LogP contribution < -0.4 is 10.5 Å². The molecule has 0 spiro atoms. The molecule has 0 aliphatic carbocycles. The van der Waals surface area contributed by atoms with Crippen molar-refractivity contribution < 1.29 is 9.13 Å². The van der Waals surface area contributed by atoms with Gasteiger partial charge in [0.25, 0.3) is 5.56 Å². The summed E-state index contributed by atoms with van der Waals surface area (Å²) in [5, 5.41) is 1.50. The van der Waals surface area contributed by atoms with E-state index < -0.39 is 0 Å². The molecular formula is C27H26FN3O2. The Morgan fingerprint density at radius 3 is 2.39 bits per heavy atom. The van der Waals surface area contributed by atoms with Crippen LogP contribution in [-0.4, -0.2) is 34.8 Å².